The molecule has 1 aromatic heterocycles. The minimum Gasteiger partial charge on any atom is -0.497 e. The van der Waals surface area contributed by atoms with Crippen molar-refractivity contribution in [3.05, 3.63) is 34.9 Å². The van der Waals surface area contributed by atoms with Crippen molar-refractivity contribution in [1.29, 1.82) is 0 Å². The molecule has 0 saturated carbocycles. The number of aryl methyl sites for hydroxylation is 1. The van der Waals surface area contributed by atoms with E-state index in [9.17, 15) is 0 Å². The van der Waals surface area contributed by atoms with Crippen LogP contribution in [0.1, 0.15) is 24.0 Å². The minimum absolute atomic E-state index is 0.561. The Hall–Kier alpha value is -1.97. The maximum absolute atomic E-state index is 5.78. The van der Waals surface area contributed by atoms with E-state index in [0.29, 0.717) is 5.55 Å². The van der Waals surface area contributed by atoms with Gasteiger partial charge in [0, 0.05) is 17.0 Å². The third kappa shape index (κ3) is 1.65. The number of nitrogens with zero attached hydrogens (tertiary/aromatic N) is 1. The molecule has 0 spiro atoms. The number of ether oxygens (including phenoxy) is 1. The maximum atomic E-state index is 5.78. The van der Waals surface area contributed by atoms with Gasteiger partial charge in [0.1, 0.15) is 11.3 Å². The van der Waals surface area contributed by atoms with E-state index in [1.807, 2.05) is 12.1 Å². The van der Waals surface area contributed by atoms with Gasteiger partial charge in [-0.3, -0.25) is 0 Å². The third-order valence-electron chi connectivity index (χ3n) is 3.56. The molecule has 1 aliphatic carbocycles. The van der Waals surface area contributed by atoms with Crippen LogP contribution in [0.2, 0.25) is 0 Å². The number of fused-ring (bicyclic) bond motifs is 3. The van der Waals surface area contributed by atoms with Gasteiger partial charge in [-0.1, -0.05) is 0 Å². The molecule has 0 atom stereocenters. The Labute approximate surface area is 105 Å². The highest BCUT2D eigenvalue weighted by Crippen LogP contribution is 2.28. The van der Waals surface area contributed by atoms with E-state index in [1.54, 1.807) is 7.11 Å². The fourth-order valence-electron chi connectivity index (χ4n) is 2.67. The van der Waals surface area contributed by atoms with Crippen molar-refractivity contribution in [1.82, 2.24) is 0 Å². The molecule has 2 N–H and O–H groups in total. The average Bonchev–Trinajstić information content (AvgIpc) is 2.45. The molecule has 18 heavy (non-hydrogen) atoms. The average molecular weight is 244 g/mol. The largest absolute Gasteiger partial charge is 0.497 e. The second kappa shape index (κ2) is 4.37. The molecule has 0 radical (unpaired) electrons. The molecule has 94 valence electrons. The van der Waals surface area contributed by atoms with Crippen molar-refractivity contribution in [2.45, 2.75) is 25.7 Å². The van der Waals surface area contributed by atoms with Gasteiger partial charge >= 0.3 is 0 Å². The molecule has 0 aliphatic heterocycles. The first kappa shape index (κ1) is 11.1. The van der Waals surface area contributed by atoms with Gasteiger partial charge in [-0.05, 0) is 43.4 Å². The van der Waals surface area contributed by atoms with Gasteiger partial charge in [0.2, 0.25) is 5.55 Å². The molecule has 1 aliphatic rings. The highest BCUT2D eigenvalue weighted by molar-refractivity contribution is 5.82. The Kier molecular flexibility index (Phi) is 2.70. The Morgan fingerprint density at radius 3 is 2.72 bits per heavy atom. The van der Waals surface area contributed by atoms with Crippen molar-refractivity contribution in [2.75, 3.05) is 7.11 Å². The first-order valence-electron chi connectivity index (χ1n) is 6.20. The van der Waals surface area contributed by atoms with Crippen molar-refractivity contribution in [3.8, 4) is 5.75 Å². The number of hydrogen-bond acceptors (Lipinski definition) is 4. The predicted octanol–water partition coefficient (Wildman–Crippen LogP) is 2.09. The zero-order chi connectivity index (χ0) is 12.5. The molecule has 0 bridgehead atoms. The van der Waals surface area contributed by atoms with Crippen LogP contribution in [-0.4, -0.2) is 7.11 Å². The van der Waals surface area contributed by atoms with Gasteiger partial charge in [-0.15, -0.1) is 5.10 Å². The molecular formula is C14H16N2O2. The number of hydrogen-bond donors (Lipinski definition) is 1. The van der Waals surface area contributed by atoms with E-state index in [1.165, 1.54) is 24.0 Å². The van der Waals surface area contributed by atoms with Gasteiger partial charge in [0.25, 0.3) is 0 Å². The van der Waals surface area contributed by atoms with Crippen molar-refractivity contribution in [2.24, 2.45) is 10.9 Å². The number of rotatable bonds is 1. The zero-order valence-corrected chi connectivity index (χ0v) is 10.4. The lowest BCUT2D eigenvalue weighted by atomic mass is 9.90. The molecule has 2 aromatic rings. The van der Waals surface area contributed by atoms with Gasteiger partial charge in [0.15, 0.2) is 0 Å². The van der Waals surface area contributed by atoms with Crippen LogP contribution in [0, 0.1) is 0 Å². The lowest BCUT2D eigenvalue weighted by Crippen LogP contribution is -2.18. The molecule has 0 unspecified atom stereocenters. The summed E-state index contributed by atoms with van der Waals surface area (Å²) in [5.41, 5.74) is 3.85. The minimum atomic E-state index is 0.561. The summed E-state index contributed by atoms with van der Waals surface area (Å²) in [6, 6.07) is 5.91. The van der Waals surface area contributed by atoms with E-state index in [2.05, 4.69) is 11.2 Å². The van der Waals surface area contributed by atoms with Crippen molar-refractivity contribution < 1.29 is 9.15 Å². The summed E-state index contributed by atoms with van der Waals surface area (Å²) in [5, 5.41) is 4.93. The smallest absolute Gasteiger partial charge is 0.239 e. The van der Waals surface area contributed by atoms with Crippen LogP contribution in [-0.2, 0) is 12.8 Å². The monoisotopic (exact) mass is 244 g/mol. The first-order valence-corrected chi connectivity index (χ1v) is 6.20. The SMILES string of the molecule is COc1ccc2c3c(/c(=N\N)oc2c1)CCCC3. The van der Waals surface area contributed by atoms with Crippen LogP contribution in [0.15, 0.2) is 27.7 Å². The Morgan fingerprint density at radius 2 is 2.00 bits per heavy atom. The zero-order valence-electron chi connectivity index (χ0n) is 10.4. The number of nitrogens with two attached hydrogens (primary N) is 1. The molecule has 3 rings (SSSR count). The molecule has 0 saturated heterocycles. The molecule has 1 heterocycles. The summed E-state index contributed by atoms with van der Waals surface area (Å²) in [7, 11) is 1.65. The lowest BCUT2D eigenvalue weighted by Gasteiger charge is -2.17. The van der Waals surface area contributed by atoms with Crippen LogP contribution in [0.5, 0.6) is 5.75 Å². The molecule has 0 fully saturated rings. The highest BCUT2D eigenvalue weighted by Gasteiger charge is 2.17. The normalized spacial score (nSPS) is 15.7. The van der Waals surface area contributed by atoms with Crippen molar-refractivity contribution >= 4 is 11.0 Å². The standard InChI is InChI=1S/C14H16N2O2/c1-17-9-6-7-11-10-4-2-3-5-12(10)14(16-15)18-13(11)8-9/h6-8H,2-5,15H2,1H3/b16-14+. The maximum Gasteiger partial charge on any atom is 0.239 e. The van der Waals surface area contributed by atoms with E-state index in [0.717, 1.165) is 29.6 Å². The van der Waals surface area contributed by atoms with Crippen LogP contribution in [0.3, 0.4) is 0 Å². The Balaban J connectivity index is 2.37. The quantitative estimate of drug-likeness (QED) is 0.617. The van der Waals surface area contributed by atoms with E-state index < -0.39 is 0 Å². The first-order chi connectivity index (χ1) is 8.83. The lowest BCUT2D eigenvalue weighted by molar-refractivity contribution is 0.413. The van der Waals surface area contributed by atoms with Crippen molar-refractivity contribution in [3.63, 3.8) is 0 Å². The summed E-state index contributed by atoms with van der Waals surface area (Å²) in [4.78, 5) is 0. The van der Waals surface area contributed by atoms with E-state index in [-0.39, 0.29) is 0 Å². The van der Waals surface area contributed by atoms with E-state index in [4.69, 9.17) is 15.0 Å². The number of benzene rings is 1. The van der Waals surface area contributed by atoms with Crippen LogP contribution < -0.4 is 16.1 Å². The van der Waals surface area contributed by atoms with Gasteiger partial charge in [0.05, 0.1) is 7.11 Å². The third-order valence-corrected chi connectivity index (χ3v) is 3.56. The molecular weight excluding hydrogens is 228 g/mol. The second-order valence-electron chi connectivity index (χ2n) is 4.56. The molecule has 0 amide bonds. The highest BCUT2D eigenvalue weighted by atomic mass is 16.5. The van der Waals surface area contributed by atoms with Gasteiger partial charge in [-0.2, -0.15) is 0 Å². The predicted molar refractivity (Wildman–Crippen MR) is 69.2 cm³/mol. The van der Waals surface area contributed by atoms with Crippen LogP contribution in [0.25, 0.3) is 11.0 Å². The summed E-state index contributed by atoms with van der Waals surface area (Å²) in [6.45, 7) is 0. The fraction of sp³-hybridized carbons (Fsp3) is 0.357. The van der Waals surface area contributed by atoms with Crippen LogP contribution >= 0.6 is 0 Å². The molecule has 4 nitrogen and oxygen atoms in total. The summed E-state index contributed by atoms with van der Waals surface area (Å²) in [5.74, 6) is 6.22. The fourth-order valence-corrected chi connectivity index (χ4v) is 2.67. The Bertz CT molecular complexity index is 659. The topological polar surface area (TPSA) is 60.8 Å². The Morgan fingerprint density at radius 1 is 1.22 bits per heavy atom. The second-order valence-corrected chi connectivity index (χ2v) is 4.56. The van der Waals surface area contributed by atoms with Gasteiger partial charge < -0.3 is 15.0 Å². The summed E-state index contributed by atoms with van der Waals surface area (Å²) >= 11 is 0. The van der Waals surface area contributed by atoms with Gasteiger partial charge in [-0.25, -0.2) is 0 Å². The van der Waals surface area contributed by atoms with Crippen LogP contribution in [0.4, 0.5) is 0 Å². The molecule has 4 heteroatoms. The summed E-state index contributed by atoms with van der Waals surface area (Å²) in [6.07, 6.45) is 4.45. The summed E-state index contributed by atoms with van der Waals surface area (Å²) < 4.78 is 11.0. The van der Waals surface area contributed by atoms with E-state index >= 15 is 0 Å². The molecule has 1 aromatic carbocycles. The number of methoxy groups -OCH3 is 1.